The van der Waals surface area contributed by atoms with Crippen molar-refractivity contribution in [2.24, 2.45) is 5.92 Å². The highest BCUT2D eigenvalue weighted by Crippen LogP contribution is 2.19. The first-order valence-corrected chi connectivity index (χ1v) is 7.83. The molecule has 0 aliphatic rings. The molecule has 0 aliphatic heterocycles. The summed E-state index contributed by atoms with van der Waals surface area (Å²) in [5.41, 5.74) is 0. The van der Waals surface area contributed by atoms with E-state index in [2.05, 4.69) is 22.9 Å². The summed E-state index contributed by atoms with van der Waals surface area (Å²) in [6.07, 6.45) is 0.972. The molecule has 0 bridgehead atoms. The molecule has 0 saturated heterocycles. The fraction of sp³-hybridized carbons (Fsp3) is 0.500. The Labute approximate surface area is 112 Å². The van der Waals surface area contributed by atoms with Crippen LogP contribution in [0.3, 0.4) is 0 Å². The van der Waals surface area contributed by atoms with Crippen LogP contribution in [0.5, 0.6) is 0 Å². The van der Waals surface area contributed by atoms with E-state index < -0.39 is 10.0 Å². The van der Waals surface area contributed by atoms with Gasteiger partial charge in [-0.2, -0.15) is 0 Å². The number of rotatable bonds is 5. The number of benzene rings is 1. The van der Waals surface area contributed by atoms with Gasteiger partial charge in [0.25, 0.3) is 0 Å². The van der Waals surface area contributed by atoms with Crippen molar-refractivity contribution in [3.05, 3.63) is 28.7 Å². The normalized spacial score (nSPS) is 13.9. The minimum atomic E-state index is -3.35. The molecule has 0 aliphatic carbocycles. The molecule has 96 valence electrons. The predicted octanol–water partition coefficient (Wildman–Crippen LogP) is 3.12. The predicted molar refractivity (Wildman–Crippen MR) is 73.4 cm³/mol. The molecule has 0 radical (unpaired) electrons. The molecule has 1 unspecified atom stereocenters. The van der Waals surface area contributed by atoms with Gasteiger partial charge in [-0.15, -0.1) is 0 Å². The number of sulfonamides is 1. The second-order valence-electron chi connectivity index (χ2n) is 4.25. The average molecular weight is 320 g/mol. The molecule has 3 nitrogen and oxygen atoms in total. The molecule has 1 aromatic rings. The maximum Gasteiger partial charge on any atom is 0.242 e. The van der Waals surface area contributed by atoms with Crippen LogP contribution < -0.4 is 0 Å². The van der Waals surface area contributed by atoms with Crippen molar-refractivity contribution in [2.45, 2.75) is 25.2 Å². The van der Waals surface area contributed by atoms with Gasteiger partial charge in [0.15, 0.2) is 0 Å². The maximum absolute atomic E-state index is 12.2. The van der Waals surface area contributed by atoms with E-state index in [1.165, 1.54) is 4.31 Å². The molecule has 0 spiro atoms. The van der Waals surface area contributed by atoms with Gasteiger partial charge in [0.05, 0.1) is 4.90 Å². The van der Waals surface area contributed by atoms with Crippen LogP contribution in [0.1, 0.15) is 20.3 Å². The molecule has 5 heteroatoms. The zero-order chi connectivity index (χ0) is 13.1. The summed E-state index contributed by atoms with van der Waals surface area (Å²) >= 11 is 3.29. The van der Waals surface area contributed by atoms with E-state index in [9.17, 15) is 8.42 Å². The van der Waals surface area contributed by atoms with Crippen LogP contribution >= 0.6 is 15.9 Å². The molecule has 17 heavy (non-hydrogen) atoms. The highest BCUT2D eigenvalue weighted by molar-refractivity contribution is 9.10. The Morgan fingerprint density at radius 3 is 2.29 bits per heavy atom. The molecular formula is C12H18BrNO2S. The van der Waals surface area contributed by atoms with Gasteiger partial charge in [0.2, 0.25) is 10.0 Å². The number of nitrogens with zero attached hydrogens (tertiary/aromatic N) is 1. The van der Waals surface area contributed by atoms with Crippen LogP contribution in [0.4, 0.5) is 0 Å². The monoisotopic (exact) mass is 319 g/mol. The lowest BCUT2D eigenvalue weighted by Gasteiger charge is -2.20. The molecule has 1 atom stereocenters. The van der Waals surface area contributed by atoms with Gasteiger partial charge in [-0.1, -0.05) is 36.2 Å². The lowest BCUT2D eigenvalue weighted by Crippen LogP contribution is -2.30. The van der Waals surface area contributed by atoms with Gasteiger partial charge < -0.3 is 0 Å². The third-order valence-electron chi connectivity index (χ3n) is 2.79. The lowest BCUT2D eigenvalue weighted by atomic mass is 10.1. The molecule has 1 rings (SSSR count). The summed E-state index contributed by atoms with van der Waals surface area (Å²) in [6, 6.07) is 6.72. The number of hydrogen-bond donors (Lipinski definition) is 0. The SMILES string of the molecule is CCC(C)CN(C)S(=O)(=O)c1ccc(Br)cc1. The smallest absolute Gasteiger partial charge is 0.207 e. The largest absolute Gasteiger partial charge is 0.242 e. The van der Waals surface area contributed by atoms with Crippen LogP contribution in [0.2, 0.25) is 0 Å². The number of hydrogen-bond acceptors (Lipinski definition) is 2. The zero-order valence-corrected chi connectivity index (χ0v) is 12.8. The quantitative estimate of drug-likeness (QED) is 0.836. The fourth-order valence-electron chi connectivity index (χ4n) is 1.45. The summed E-state index contributed by atoms with van der Waals surface area (Å²) in [5, 5.41) is 0. The van der Waals surface area contributed by atoms with Gasteiger partial charge >= 0.3 is 0 Å². The van der Waals surface area contributed by atoms with Gasteiger partial charge in [0, 0.05) is 18.1 Å². The summed E-state index contributed by atoms with van der Waals surface area (Å²) in [6.45, 7) is 4.66. The van der Waals surface area contributed by atoms with Crippen molar-refractivity contribution < 1.29 is 8.42 Å². The molecule has 0 saturated carbocycles. The van der Waals surface area contributed by atoms with Crippen LogP contribution in [0.25, 0.3) is 0 Å². The van der Waals surface area contributed by atoms with Crippen molar-refractivity contribution in [1.29, 1.82) is 0 Å². The van der Waals surface area contributed by atoms with E-state index in [4.69, 9.17) is 0 Å². The summed E-state index contributed by atoms with van der Waals surface area (Å²) in [4.78, 5) is 0.339. The van der Waals surface area contributed by atoms with Crippen molar-refractivity contribution in [2.75, 3.05) is 13.6 Å². The van der Waals surface area contributed by atoms with Gasteiger partial charge in [-0.3, -0.25) is 0 Å². The van der Waals surface area contributed by atoms with E-state index >= 15 is 0 Å². The van der Waals surface area contributed by atoms with Crippen molar-refractivity contribution in [3.63, 3.8) is 0 Å². The van der Waals surface area contributed by atoms with Crippen molar-refractivity contribution in [1.82, 2.24) is 4.31 Å². The summed E-state index contributed by atoms with van der Waals surface area (Å²) in [7, 11) is -1.72. The van der Waals surface area contributed by atoms with E-state index in [0.29, 0.717) is 17.4 Å². The third-order valence-corrected chi connectivity index (χ3v) is 5.15. The Bertz CT molecular complexity index is 456. The molecule has 0 heterocycles. The molecule has 0 amide bonds. The summed E-state index contributed by atoms with van der Waals surface area (Å²) in [5.74, 6) is 0.366. The highest BCUT2D eigenvalue weighted by atomic mass is 79.9. The van der Waals surface area contributed by atoms with Gasteiger partial charge in [0.1, 0.15) is 0 Å². The third kappa shape index (κ3) is 3.79. The second kappa shape index (κ2) is 5.98. The van der Waals surface area contributed by atoms with Crippen LogP contribution in [0.15, 0.2) is 33.6 Å². The highest BCUT2D eigenvalue weighted by Gasteiger charge is 2.21. The first kappa shape index (κ1) is 14.7. The zero-order valence-electron chi connectivity index (χ0n) is 10.4. The minimum absolute atomic E-state index is 0.339. The Morgan fingerprint density at radius 2 is 1.82 bits per heavy atom. The molecule has 1 aromatic carbocycles. The van der Waals surface area contributed by atoms with E-state index in [-0.39, 0.29) is 0 Å². The first-order valence-electron chi connectivity index (χ1n) is 5.59. The van der Waals surface area contributed by atoms with E-state index in [1.54, 1.807) is 31.3 Å². The Kier molecular flexibility index (Phi) is 5.16. The topological polar surface area (TPSA) is 37.4 Å². The molecular weight excluding hydrogens is 302 g/mol. The Balaban J connectivity index is 2.91. The van der Waals surface area contributed by atoms with Crippen molar-refractivity contribution >= 4 is 26.0 Å². The van der Waals surface area contributed by atoms with Crippen molar-refractivity contribution in [3.8, 4) is 0 Å². The Morgan fingerprint density at radius 1 is 1.29 bits per heavy atom. The van der Waals surface area contributed by atoms with E-state index in [1.807, 2.05) is 6.92 Å². The molecule has 0 aromatic heterocycles. The first-order chi connectivity index (χ1) is 7.87. The standard InChI is InChI=1S/C12H18BrNO2S/c1-4-10(2)9-14(3)17(15,16)12-7-5-11(13)6-8-12/h5-8,10H,4,9H2,1-3H3. The second-order valence-corrected chi connectivity index (χ2v) is 7.21. The summed E-state index contributed by atoms with van der Waals surface area (Å²) < 4.78 is 26.7. The molecule has 0 fully saturated rings. The van der Waals surface area contributed by atoms with Gasteiger partial charge in [-0.05, 0) is 30.2 Å². The number of halogens is 1. The fourth-order valence-corrected chi connectivity index (χ4v) is 3.01. The van der Waals surface area contributed by atoms with Crippen LogP contribution in [-0.4, -0.2) is 26.3 Å². The van der Waals surface area contributed by atoms with Crippen LogP contribution in [-0.2, 0) is 10.0 Å². The van der Waals surface area contributed by atoms with Crippen LogP contribution in [0, 0.1) is 5.92 Å². The minimum Gasteiger partial charge on any atom is -0.207 e. The average Bonchev–Trinajstić information content (AvgIpc) is 2.29. The Hall–Kier alpha value is -0.390. The lowest BCUT2D eigenvalue weighted by molar-refractivity contribution is 0.393. The molecule has 0 N–H and O–H groups in total. The van der Waals surface area contributed by atoms with Gasteiger partial charge in [-0.25, -0.2) is 12.7 Å². The maximum atomic E-state index is 12.2. The van der Waals surface area contributed by atoms with E-state index in [0.717, 1.165) is 10.9 Å².